The summed E-state index contributed by atoms with van der Waals surface area (Å²) in [4.78, 5) is 0. The van der Waals surface area contributed by atoms with Gasteiger partial charge < -0.3 is 9.88 Å². The summed E-state index contributed by atoms with van der Waals surface area (Å²) in [6.45, 7) is 7.08. The summed E-state index contributed by atoms with van der Waals surface area (Å²) in [6, 6.07) is 8.27. The van der Waals surface area contributed by atoms with Crippen molar-refractivity contribution in [3.8, 4) is 0 Å². The molecule has 2 aromatic rings. The Morgan fingerprint density at radius 3 is 2.56 bits per heavy atom. The molecule has 0 aliphatic heterocycles. The van der Waals surface area contributed by atoms with Gasteiger partial charge in [0.05, 0.1) is 10.7 Å². The first kappa shape index (κ1) is 13.0. The van der Waals surface area contributed by atoms with Crippen molar-refractivity contribution in [2.24, 2.45) is 7.05 Å². The van der Waals surface area contributed by atoms with Crippen LogP contribution in [0.4, 0.5) is 5.69 Å². The highest BCUT2D eigenvalue weighted by Gasteiger charge is 2.07. The van der Waals surface area contributed by atoms with E-state index in [1.165, 1.54) is 17.0 Å². The lowest BCUT2D eigenvalue weighted by atomic mass is 10.2. The molecule has 3 heteroatoms. The standard InChI is InChI=1S/C15H19ClN2/c1-10-6-5-7-14(15(10)16)17-9-13-8-11(2)18(4)12(13)3/h5-8,17H,9H2,1-4H3. The van der Waals surface area contributed by atoms with Crippen LogP contribution < -0.4 is 5.32 Å². The Kier molecular flexibility index (Phi) is 3.67. The summed E-state index contributed by atoms with van der Waals surface area (Å²) in [5, 5.41) is 4.21. The van der Waals surface area contributed by atoms with E-state index in [1.807, 2.05) is 25.1 Å². The first-order valence-electron chi connectivity index (χ1n) is 6.11. The molecule has 0 unspecified atom stereocenters. The van der Waals surface area contributed by atoms with Gasteiger partial charge in [0.25, 0.3) is 0 Å². The first-order chi connectivity index (χ1) is 8.50. The van der Waals surface area contributed by atoms with E-state index < -0.39 is 0 Å². The van der Waals surface area contributed by atoms with Crippen LogP contribution in [-0.4, -0.2) is 4.57 Å². The summed E-state index contributed by atoms with van der Waals surface area (Å²) in [5.74, 6) is 0. The van der Waals surface area contributed by atoms with Crippen LogP contribution in [-0.2, 0) is 13.6 Å². The number of halogens is 1. The molecule has 0 spiro atoms. The normalized spacial score (nSPS) is 10.7. The molecule has 1 N–H and O–H groups in total. The van der Waals surface area contributed by atoms with Gasteiger partial charge in [-0.15, -0.1) is 0 Å². The zero-order valence-corrected chi connectivity index (χ0v) is 12.1. The molecule has 0 saturated heterocycles. The zero-order valence-electron chi connectivity index (χ0n) is 11.3. The second kappa shape index (κ2) is 5.07. The summed E-state index contributed by atoms with van der Waals surface area (Å²) in [7, 11) is 2.09. The lowest BCUT2D eigenvalue weighted by Gasteiger charge is -2.10. The molecule has 0 saturated carbocycles. The molecule has 0 radical (unpaired) electrons. The van der Waals surface area contributed by atoms with Gasteiger partial charge in [-0.1, -0.05) is 23.7 Å². The van der Waals surface area contributed by atoms with E-state index in [1.54, 1.807) is 0 Å². The van der Waals surface area contributed by atoms with Crippen LogP contribution in [0.2, 0.25) is 5.02 Å². The van der Waals surface area contributed by atoms with E-state index in [4.69, 9.17) is 11.6 Å². The van der Waals surface area contributed by atoms with Crippen LogP contribution >= 0.6 is 11.6 Å². The van der Waals surface area contributed by atoms with Crippen molar-refractivity contribution in [1.29, 1.82) is 0 Å². The maximum absolute atomic E-state index is 6.27. The minimum absolute atomic E-state index is 0.802. The van der Waals surface area contributed by atoms with Crippen molar-refractivity contribution >= 4 is 17.3 Å². The van der Waals surface area contributed by atoms with Crippen LogP contribution in [0.3, 0.4) is 0 Å². The monoisotopic (exact) mass is 262 g/mol. The highest BCUT2D eigenvalue weighted by Crippen LogP contribution is 2.26. The number of nitrogens with one attached hydrogen (secondary N) is 1. The molecular weight excluding hydrogens is 244 g/mol. The summed E-state index contributed by atoms with van der Waals surface area (Å²) in [6.07, 6.45) is 0. The molecule has 1 aromatic carbocycles. The fraction of sp³-hybridized carbons (Fsp3) is 0.333. The number of benzene rings is 1. The number of nitrogens with zero attached hydrogens (tertiary/aromatic N) is 1. The summed E-state index contributed by atoms with van der Waals surface area (Å²) in [5.41, 5.74) is 5.98. The lowest BCUT2D eigenvalue weighted by Crippen LogP contribution is -2.02. The van der Waals surface area contributed by atoms with E-state index in [-0.39, 0.29) is 0 Å². The van der Waals surface area contributed by atoms with Crippen LogP contribution in [0.5, 0.6) is 0 Å². The van der Waals surface area contributed by atoms with Crippen LogP contribution in [0.15, 0.2) is 24.3 Å². The van der Waals surface area contributed by atoms with Crippen LogP contribution in [0, 0.1) is 20.8 Å². The fourth-order valence-corrected chi connectivity index (χ4v) is 2.28. The molecule has 1 aromatic heterocycles. The summed E-state index contributed by atoms with van der Waals surface area (Å²) < 4.78 is 2.20. The van der Waals surface area contributed by atoms with Crippen LogP contribution in [0.1, 0.15) is 22.5 Å². The Morgan fingerprint density at radius 2 is 1.94 bits per heavy atom. The van der Waals surface area contributed by atoms with Crippen molar-refractivity contribution in [2.45, 2.75) is 27.3 Å². The molecule has 2 nitrogen and oxygen atoms in total. The maximum Gasteiger partial charge on any atom is 0.0666 e. The largest absolute Gasteiger partial charge is 0.380 e. The van der Waals surface area contributed by atoms with E-state index in [0.29, 0.717) is 0 Å². The van der Waals surface area contributed by atoms with Crippen molar-refractivity contribution < 1.29 is 0 Å². The smallest absolute Gasteiger partial charge is 0.0666 e. The first-order valence-corrected chi connectivity index (χ1v) is 6.49. The minimum Gasteiger partial charge on any atom is -0.380 e. The van der Waals surface area contributed by atoms with E-state index in [0.717, 1.165) is 22.8 Å². The molecule has 0 fully saturated rings. The lowest BCUT2D eigenvalue weighted by molar-refractivity contribution is 0.837. The molecule has 0 aliphatic rings. The Balaban J connectivity index is 2.16. The number of rotatable bonds is 3. The highest BCUT2D eigenvalue weighted by atomic mass is 35.5. The zero-order chi connectivity index (χ0) is 13.3. The van der Waals surface area contributed by atoms with Crippen molar-refractivity contribution in [2.75, 3.05) is 5.32 Å². The van der Waals surface area contributed by atoms with Gasteiger partial charge in [-0.2, -0.15) is 0 Å². The quantitative estimate of drug-likeness (QED) is 0.877. The maximum atomic E-state index is 6.27. The van der Waals surface area contributed by atoms with E-state index in [9.17, 15) is 0 Å². The minimum atomic E-state index is 0.802. The third kappa shape index (κ3) is 2.39. The molecule has 0 amide bonds. The highest BCUT2D eigenvalue weighted by molar-refractivity contribution is 6.33. The number of aryl methyl sites for hydroxylation is 2. The van der Waals surface area contributed by atoms with Gasteiger partial charge in [0.1, 0.15) is 0 Å². The van der Waals surface area contributed by atoms with E-state index in [2.05, 4.69) is 36.8 Å². The van der Waals surface area contributed by atoms with Crippen molar-refractivity contribution in [3.63, 3.8) is 0 Å². The van der Waals surface area contributed by atoms with Gasteiger partial charge in [0.2, 0.25) is 0 Å². The Bertz CT molecular complexity index is 570. The van der Waals surface area contributed by atoms with Gasteiger partial charge in [0.15, 0.2) is 0 Å². The third-order valence-corrected chi connectivity index (χ3v) is 4.04. The molecule has 0 bridgehead atoms. The Labute approximate surface area is 114 Å². The SMILES string of the molecule is Cc1cccc(NCc2cc(C)n(C)c2C)c1Cl. The van der Waals surface area contributed by atoms with Gasteiger partial charge in [-0.3, -0.25) is 0 Å². The molecule has 18 heavy (non-hydrogen) atoms. The van der Waals surface area contributed by atoms with Gasteiger partial charge in [0, 0.05) is 25.0 Å². The van der Waals surface area contributed by atoms with Crippen molar-refractivity contribution in [1.82, 2.24) is 4.57 Å². The van der Waals surface area contributed by atoms with Gasteiger partial charge in [-0.25, -0.2) is 0 Å². The topological polar surface area (TPSA) is 17.0 Å². The second-order valence-corrected chi connectivity index (χ2v) is 5.12. The van der Waals surface area contributed by atoms with E-state index >= 15 is 0 Å². The van der Waals surface area contributed by atoms with Crippen LogP contribution in [0.25, 0.3) is 0 Å². The van der Waals surface area contributed by atoms with Gasteiger partial charge in [-0.05, 0) is 44.0 Å². The molecular formula is C15H19ClN2. The molecule has 0 aliphatic carbocycles. The number of hydrogen-bond acceptors (Lipinski definition) is 1. The number of anilines is 1. The summed E-state index contributed by atoms with van der Waals surface area (Å²) >= 11 is 6.27. The molecule has 1 heterocycles. The Morgan fingerprint density at radius 1 is 1.22 bits per heavy atom. The third-order valence-electron chi connectivity index (χ3n) is 3.54. The molecule has 96 valence electrons. The Hall–Kier alpha value is -1.41. The number of aromatic nitrogens is 1. The average molecular weight is 263 g/mol. The number of hydrogen-bond donors (Lipinski definition) is 1. The molecule has 2 rings (SSSR count). The van der Waals surface area contributed by atoms with Gasteiger partial charge >= 0.3 is 0 Å². The average Bonchev–Trinajstić information content (AvgIpc) is 2.59. The predicted octanol–water partition coefficient (Wildman–Crippen LogP) is 4.22. The second-order valence-electron chi connectivity index (χ2n) is 4.75. The van der Waals surface area contributed by atoms with Crippen molar-refractivity contribution in [3.05, 3.63) is 51.8 Å². The predicted molar refractivity (Wildman–Crippen MR) is 78.4 cm³/mol. The fourth-order valence-electron chi connectivity index (χ4n) is 2.09. The molecule has 0 atom stereocenters.